The second-order valence-corrected chi connectivity index (χ2v) is 3.51. The fourth-order valence-corrected chi connectivity index (χ4v) is 1.97. The number of carbonyl (C=O) groups is 1. The van der Waals surface area contributed by atoms with Crippen molar-refractivity contribution in [3.8, 4) is 0 Å². The van der Waals surface area contributed by atoms with Crippen LogP contribution in [-0.2, 0) is 0 Å². The molecule has 12 heavy (non-hydrogen) atoms. The zero-order valence-electron chi connectivity index (χ0n) is 6.58. The van der Waals surface area contributed by atoms with Crippen molar-refractivity contribution in [1.29, 1.82) is 0 Å². The molecule has 1 N–H and O–H groups in total. The molecule has 1 heterocycles. The fourth-order valence-electron chi connectivity index (χ4n) is 1.97. The van der Waals surface area contributed by atoms with Gasteiger partial charge >= 0.3 is 0 Å². The van der Waals surface area contributed by atoms with Gasteiger partial charge in [-0.15, -0.1) is 0 Å². The monoisotopic (exact) mass is 159 g/mol. The van der Waals surface area contributed by atoms with Gasteiger partial charge in [0.15, 0.2) is 0 Å². The first-order chi connectivity index (χ1) is 5.86. The molecule has 3 rings (SSSR count). The zero-order valence-corrected chi connectivity index (χ0v) is 6.58. The molecule has 2 nitrogen and oxygen atoms in total. The topological polar surface area (TPSA) is 29.1 Å². The molecule has 1 aliphatic heterocycles. The summed E-state index contributed by atoms with van der Waals surface area (Å²) in [6.07, 6.45) is 1.13. The smallest absolute Gasteiger partial charge is 0.251 e. The van der Waals surface area contributed by atoms with Crippen LogP contribution in [0.2, 0.25) is 0 Å². The van der Waals surface area contributed by atoms with Crippen molar-refractivity contribution in [2.24, 2.45) is 0 Å². The minimum Gasteiger partial charge on any atom is -0.349 e. The Kier molecular flexibility index (Phi) is 0.980. The fraction of sp³-hybridized carbons (Fsp3) is 0.300. The SMILES string of the molecule is O=C1NC2CC2c2ccccc21. The van der Waals surface area contributed by atoms with Crippen LogP contribution in [0.4, 0.5) is 0 Å². The van der Waals surface area contributed by atoms with E-state index in [2.05, 4.69) is 11.4 Å². The number of hydrogen-bond acceptors (Lipinski definition) is 1. The molecule has 0 spiro atoms. The molecular formula is C10H9NO. The molecule has 0 radical (unpaired) electrons. The molecule has 1 fully saturated rings. The molecule has 1 saturated carbocycles. The molecule has 2 aliphatic rings. The van der Waals surface area contributed by atoms with Crippen molar-refractivity contribution in [2.45, 2.75) is 18.4 Å². The van der Waals surface area contributed by atoms with Crippen LogP contribution in [0, 0.1) is 0 Å². The van der Waals surface area contributed by atoms with Crippen molar-refractivity contribution in [3.63, 3.8) is 0 Å². The molecule has 2 atom stereocenters. The van der Waals surface area contributed by atoms with Gasteiger partial charge in [0.1, 0.15) is 0 Å². The van der Waals surface area contributed by atoms with Gasteiger partial charge in [-0.05, 0) is 18.1 Å². The van der Waals surface area contributed by atoms with E-state index in [0.717, 1.165) is 12.0 Å². The number of carbonyl (C=O) groups excluding carboxylic acids is 1. The molecule has 2 heteroatoms. The Hall–Kier alpha value is -1.31. The predicted molar refractivity (Wildman–Crippen MR) is 45.1 cm³/mol. The van der Waals surface area contributed by atoms with E-state index in [-0.39, 0.29) is 5.91 Å². The summed E-state index contributed by atoms with van der Waals surface area (Å²) in [5, 5.41) is 2.97. The third-order valence-corrected chi connectivity index (χ3v) is 2.71. The van der Waals surface area contributed by atoms with E-state index < -0.39 is 0 Å². The second kappa shape index (κ2) is 1.89. The van der Waals surface area contributed by atoms with E-state index in [1.165, 1.54) is 5.56 Å². The quantitative estimate of drug-likeness (QED) is 0.607. The third kappa shape index (κ3) is 0.670. The Morgan fingerprint density at radius 1 is 1.33 bits per heavy atom. The van der Waals surface area contributed by atoms with Crippen LogP contribution in [0.5, 0.6) is 0 Å². The predicted octanol–water partition coefficient (Wildman–Crippen LogP) is 1.29. The first-order valence-electron chi connectivity index (χ1n) is 4.26. The molecule has 60 valence electrons. The van der Waals surface area contributed by atoms with Gasteiger partial charge in [0.05, 0.1) is 0 Å². The van der Waals surface area contributed by atoms with E-state index in [0.29, 0.717) is 12.0 Å². The molecule has 1 aromatic rings. The summed E-state index contributed by atoms with van der Waals surface area (Å²) in [5.74, 6) is 0.711. The molecule has 0 saturated heterocycles. The van der Waals surface area contributed by atoms with E-state index in [1.807, 2.05) is 18.2 Å². The van der Waals surface area contributed by atoms with E-state index in [1.54, 1.807) is 0 Å². The first-order valence-corrected chi connectivity index (χ1v) is 4.26. The standard InChI is InChI=1S/C10H9NO/c12-10-7-4-2-1-3-6(7)8-5-9(8)11-10/h1-4,8-9H,5H2,(H,11,12). The largest absolute Gasteiger partial charge is 0.349 e. The van der Waals surface area contributed by atoms with Crippen LogP contribution < -0.4 is 5.32 Å². The van der Waals surface area contributed by atoms with Crippen LogP contribution in [0.15, 0.2) is 24.3 Å². The second-order valence-electron chi connectivity index (χ2n) is 3.51. The number of benzene rings is 1. The summed E-state index contributed by atoms with van der Waals surface area (Å²) < 4.78 is 0. The first kappa shape index (κ1) is 6.23. The molecular weight excluding hydrogens is 150 g/mol. The maximum atomic E-state index is 11.4. The van der Waals surface area contributed by atoms with Gasteiger partial charge in [0.2, 0.25) is 0 Å². The number of hydrogen-bond donors (Lipinski definition) is 1. The maximum Gasteiger partial charge on any atom is 0.251 e. The summed E-state index contributed by atoms with van der Waals surface area (Å²) in [4.78, 5) is 11.4. The molecule has 1 aromatic carbocycles. The molecule has 0 aromatic heterocycles. The van der Waals surface area contributed by atoms with Crippen molar-refractivity contribution in [2.75, 3.05) is 0 Å². The van der Waals surface area contributed by atoms with Crippen molar-refractivity contribution < 1.29 is 4.79 Å². The number of fused-ring (bicyclic) bond motifs is 3. The molecule has 1 amide bonds. The Morgan fingerprint density at radius 3 is 3.08 bits per heavy atom. The van der Waals surface area contributed by atoms with Gasteiger partial charge in [-0.1, -0.05) is 18.2 Å². The lowest BCUT2D eigenvalue weighted by Crippen LogP contribution is -2.31. The van der Waals surface area contributed by atoms with Gasteiger partial charge in [-0.25, -0.2) is 0 Å². The highest BCUT2D eigenvalue weighted by molar-refractivity contribution is 5.98. The van der Waals surface area contributed by atoms with Gasteiger partial charge < -0.3 is 5.32 Å². The van der Waals surface area contributed by atoms with Gasteiger partial charge in [-0.2, -0.15) is 0 Å². The van der Waals surface area contributed by atoms with Crippen molar-refractivity contribution >= 4 is 5.91 Å². The summed E-state index contributed by atoms with van der Waals surface area (Å²) in [5.41, 5.74) is 2.11. The summed E-state index contributed by atoms with van der Waals surface area (Å²) >= 11 is 0. The van der Waals surface area contributed by atoms with E-state index in [4.69, 9.17) is 0 Å². The van der Waals surface area contributed by atoms with Gasteiger partial charge in [0.25, 0.3) is 5.91 Å². The van der Waals surface area contributed by atoms with Crippen molar-refractivity contribution in [3.05, 3.63) is 35.4 Å². The van der Waals surface area contributed by atoms with Crippen LogP contribution in [0.1, 0.15) is 28.3 Å². The van der Waals surface area contributed by atoms with Crippen LogP contribution >= 0.6 is 0 Å². The third-order valence-electron chi connectivity index (χ3n) is 2.71. The minimum absolute atomic E-state index is 0.101. The molecule has 1 aliphatic carbocycles. The van der Waals surface area contributed by atoms with E-state index in [9.17, 15) is 4.79 Å². The lowest BCUT2D eigenvalue weighted by Gasteiger charge is -2.14. The number of nitrogens with one attached hydrogen (secondary N) is 1. The Balaban J connectivity index is 2.21. The van der Waals surface area contributed by atoms with Gasteiger partial charge in [-0.3, -0.25) is 4.79 Å². The van der Waals surface area contributed by atoms with Crippen LogP contribution in [0.25, 0.3) is 0 Å². The lowest BCUT2D eigenvalue weighted by molar-refractivity contribution is 0.0944. The molecule has 2 unspecified atom stereocenters. The van der Waals surface area contributed by atoms with Crippen LogP contribution in [-0.4, -0.2) is 11.9 Å². The minimum atomic E-state index is 0.101. The van der Waals surface area contributed by atoms with Crippen molar-refractivity contribution in [1.82, 2.24) is 5.32 Å². The average Bonchev–Trinajstić information content (AvgIpc) is 2.84. The summed E-state index contributed by atoms with van der Waals surface area (Å²) in [6.45, 7) is 0. The highest BCUT2D eigenvalue weighted by Gasteiger charge is 2.44. The normalized spacial score (nSPS) is 30.2. The highest BCUT2D eigenvalue weighted by Crippen LogP contribution is 2.44. The zero-order chi connectivity index (χ0) is 8.13. The summed E-state index contributed by atoms with van der Waals surface area (Å²) in [7, 11) is 0. The Bertz CT molecular complexity index is 359. The lowest BCUT2D eigenvalue weighted by atomic mass is 10.00. The van der Waals surface area contributed by atoms with Gasteiger partial charge in [0, 0.05) is 17.5 Å². The Morgan fingerprint density at radius 2 is 2.17 bits per heavy atom. The molecule has 0 bridgehead atoms. The summed E-state index contributed by atoms with van der Waals surface area (Å²) in [6, 6.07) is 8.33. The number of amides is 1. The highest BCUT2D eigenvalue weighted by atomic mass is 16.1. The maximum absolute atomic E-state index is 11.4. The Labute approximate surface area is 70.6 Å². The van der Waals surface area contributed by atoms with E-state index >= 15 is 0 Å². The average molecular weight is 159 g/mol. The van der Waals surface area contributed by atoms with Crippen LogP contribution in [0.3, 0.4) is 0 Å². The number of rotatable bonds is 0.